The molecule has 27 heavy (non-hydrogen) atoms. The predicted molar refractivity (Wildman–Crippen MR) is 99.9 cm³/mol. The molecule has 0 radical (unpaired) electrons. The van der Waals surface area contributed by atoms with Crippen molar-refractivity contribution < 1.29 is 4.42 Å². The van der Waals surface area contributed by atoms with Crippen LogP contribution < -0.4 is 5.56 Å². The lowest BCUT2D eigenvalue weighted by atomic mass is 10.1. The fraction of sp³-hybridized carbons (Fsp3) is 0.474. The van der Waals surface area contributed by atoms with Gasteiger partial charge in [-0.3, -0.25) is 9.69 Å². The molecule has 1 aliphatic rings. The molecule has 1 fully saturated rings. The van der Waals surface area contributed by atoms with Crippen LogP contribution in [0.25, 0.3) is 5.82 Å². The summed E-state index contributed by atoms with van der Waals surface area (Å²) in [5.74, 6) is 1.37. The van der Waals surface area contributed by atoms with E-state index in [9.17, 15) is 4.79 Å². The summed E-state index contributed by atoms with van der Waals surface area (Å²) in [6, 6.07) is 5.43. The van der Waals surface area contributed by atoms with Crippen molar-refractivity contribution in [2.45, 2.75) is 46.2 Å². The highest BCUT2D eigenvalue weighted by Crippen LogP contribution is 2.22. The molecule has 0 saturated carbocycles. The lowest BCUT2D eigenvalue weighted by Crippen LogP contribution is -2.38. The molecule has 1 aliphatic heterocycles. The van der Waals surface area contributed by atoms with Crippen LogP contribution in [0.5, 0.6) is 0 Å². The van der Waals surface area contributed by atoms with E-state index in [1.165, 1.54) is 0 Å². The molecular weight excluding hydrogens is 344 g/mol. The van der Waals surface area contributed by atoms with Crippen LogP contribution in [-0.4, -0.2) is 42.5 Å². The van der Waals surface area contributed by atoms with Crippen molar-refractivity contribution in [2.75, 3.05) is 13.1 Å². The third kappa shape index (κ3) is 3.71. The summed E-state index contributed by atoms with van der Waals surface area (Å²) in [6.07, 6.45) is 3.47. The van der Waals surface area contributed by atoms with Gasteiger partial charge < -0.3 is 4.42 Å². The Labute approximate surface area is 157 Å². The van der Waals surface area contributed by atoms with E-state index in [4.69, 9.17) is 4.42 Å². The summed E-state index contributed by atoms with van der Waals surface area (Å²) in [7, 11) is 0. The Kier molecular flexibility index (Phi) is 4.65. The molecule has 0 amide bonds. The van der Waals surface area contributed by atoms with Crippen molar-refractivity contribution in [3.8, 4) is 5.82 Å². The normalized spacial score (nSPS) is 16.1. The average molecular weight is 368 g/mol. The van der Waals surface area contributed by atoms with Gasteiger partial charge in [-0.05, 0) is 38.8 Å². The molecule has 0 aliphatic carbocycles. The van der Waals surface area contributed by atoms with Crippen molar-refractivity contribution in [2.24, 2.45) is 0 Å². The number of oxazole rings is 1. The van der Waals surface area contributed by atoms with Gasteiger partial charge in [0, 0.05) is 38.3 Å². The summed E-state index contributed by atoms with van der Waals surface area (Å²) in [5, 5.41) is 9.08. The fourth-order valence-corrected chi connectivity index (χ4v) is 3.68. The molecule has 0 N–H and O–H groups in total. The smallest absolute Gasteiger partial charge is 0.267 e. The molecule has 0 spiro atoms. The van der Waals surface area contributed by atoms with E-state index in [1.54, 1.807) is 27.8 Å². The standard InChI is InChI=1S/C19H24N6O2/c1-13-10-14(2)24(21-13)18-4-5-19(26)25(22-18)17-6-8-23(9-7-17)11-16-12-27-15(3)20-16/h4-5,10,12,17H,6-9,11H2,1-3H3. The summed E-state index contributed by atoms with van der Waals surface area (Å²) >= 11 is 0. The molecule has 1 saturated heterocycles. The topological polar surface area (TPSA) is 82.0 Å². The largest absolute Gasteiger partial charge is 0.449 e. The van der Waals surface area contributed by atoms with Crippen LogP contribution in [0.15, 0.2) is 33.7 Å². The van der Waals surface area contributed by atoms with Crippen molar-refractivity contribution in [3.63, 3.8) is 0 Å². The van der Waals surface area contributed by atoms with Gasteiger partial charge in [-0.2, -0.15) is 5.10 Å². The van der Waals surface area contributed by atoms with Crippen LogP contribution in [0.4, 0.5) is 0 Å². The Morgan fingerprint density at radius 2 is 1.93 bits per heavy atom. The first-order valence-corrected chi connectivity index (χ1v) is 9.26. The number of likely N-dealkylation sites (tertiary alicyclic amines) is 1. The van der Waals surface area contributed by atoms with E-state index < -0.39 is 0 Å². The Bertz CT molecular complexity index is 994. The molecular formula is C19H24N6O2. The van der Waals surface area contributed by atoms with E-state index in [0.717, 1.165) is 49.6 Å². The van der Waals surface area contributed by atoms with Gasteiger partial charge >= 0.3 is 0 Å². The third-order valence-electron chi connectivity index (χ3n) is 4.99. The first-order valence-electron chi connectivity index (χ1n) is 9.26. The summed E-state index contributed by atoms with van der Waals surface area (Å²) < 4.78 is 8.69. The zero-order valence-electron chi connectivity index (χ0n) is 15.9. The SMILES string of the molecule is Cc1cc(C)n(-c2ccc(=O)n(C3CCN(Cc4coc(C)n4)CC3)n2)n1. The molecule has 3 aromatic heterocycles. The quantitative estimate of drug-likeness (QED) is 0.702. The zero-order valence-corrected chi connectivity index (χ0v) is 15.9. The van der Waals surface area contributed by atoms with Gasteiger partial charge in [0.15, 0.2) is 11.7 Å². The van der Waals surface area contributed by atoms with Gasteiger partial charge in [0.25, 0.3) is 5.56 Å². The van der Waals surface area contributed by atoms with Crippen LogP contribution in [0.1, 0.15) is 41.9 Å². The van der Waals surface area contributed by atoms with E-state index in [0.29, 0.717) is 11.7 Å². The maximum Gasteiger partial charge on any atom is 0.267 e. The number of hydrogen-bond donors (Lipinski definition) is 0. The van der Waals surface area contributed by atoms with Gasteiger partial charge in [0.2, 0.25) is 0 Å². The van der Waals surface area contributed by atoms with E-state index in [-0.39, 0.29) is 11.6 Å². The highest BCUT2D eigenvalue weighted by molar-refractivity contribution is 5.24. The predicted octanol–water partition coefficient (Wildman–Crippen LogP) is 2.18. The van der Waals surface area contributed by atoms with Crippen molar-refractivity contribution in [3.05, 3.63) is 57.8 Å². The highest BCUT2D eigenvalue weighted by Gasteiger charge is 2.23. The van der Waals surface area contributed by atoms with Crippen LogP contribution in [0.3, 0.4) is 0 Å². The molecule has 8 heteroatoms. The molecule has 4 rings (SSSR count). The van der Waals surface area contributed by atoms with Crippen molar-refractivity contribution in [1.82, 2.24) is 29.4 Å². The maximum absolute atomic E-state index is 12.4. The molecule has 8 nitrogen and oxygen atoms in total. The Morgan fingerprint density at radius 3 is 2.56 bits per heavy atom. The summed E-state index contributed by atoms with van der Waals surface area (Å²) in [4.78, 5) is 19.1. The second kappa shape index (κ2) is 7.11. The van der Waals surface area contributed by atoms with Gasteiger partial charge in [-0.15, -0.1) is 5.10 Å². The number of hydrogen-bond acceptors (Lipinski definition) is 6. The molecule has 0 atom stereocenters. The van der Waals surface area contributed by atoms with E-state index in [2.05, 4.69) is 20.1 Å². The average Bonchev–Trinajstić information content (AvgIpc) is 3.21. The zero-order chi connectivity index (χ0) is 19.0. The third-order valence-corrected chi connectivity index (χ3v) is 4.99. The van der Waals surface area contributed by atoms with Gasteiger partial charge in [0.05, 0.1) is 17.4 Å². The first kappa shape index (κ1) is 17.7. The van der Waals surface area contributed by atoms with Gasteiger partial charge in [-0.1, -0.05) is 0 Å². The molecule has 0 unspecified atom stereocenters. The molecule has 3 aromatic rings. The van der Waals surface area contributed by atoms with Gasteiger partial charge in [0.1, 0.15) is 6.26 Å². The van der Waals surface area contributed by atoms with Crippen LogP contribution in [-0.2, 0) is 6.54 Å². The summed E-state index contributed by atoms with van der Waals surface area (Å²) in [5.41, 5.74) is 2.82. The number of nitrogens with zero attached hydrogens (tertiary/aromatic N) is 6. The number of aryl methyl sites for hydroxylation is 3. The summed E-state index contributed by atoms with van der Waals surface area (Å²) in [6.45, 7) is 8.36. The number of piperidine rings is 1. The Balaban J connectivity index is 1.48. The minimum Gasteiger partial charge on any atom is -0.449 e. The lowest BCUT2D eigenvalue weighted by Gasteiger charge is -2.31. The first-order chi connectivity index (χ1) is 13.0. The molecule has 142 valence electrons. The van der Waals surface area contributed by atoms with E-state index in [1.807, 2.05) is 26.8 Å². The Morgan fingerprint density at radius 1 is 1.15 bits per heavy atom. The lowest BCUT2D eigenvalue weighted by molar-refractivity contribution is 0.168. The molecule has 0 bridgehead atoms. The second-order valence-electron chi connectivity index (χ2n) is 7.18. The van der Waals surface area contributed by atoms with Crippen molar-refractivity contribution >= 4 is 0 Å². The van der Waals surface area contributed by atoms with Crippen molar-refractivity contribution in [1.29, 1.82) is 0 Å². The molecule has 4 heterocycles. The number of aromatic nitrogens is 5. The van der Waals surface area contributed by atoms with Crippen LogP contribution in [0, 0.1) is 20.8 Å². The van der Waals surface area contributed by atoms with Crippen LogP contribution in [0.2, 0.25) is 0 Å². The van der Waals surface area contributed by atoms with Crippen LogP contribution >= 0.6 is 0 Å². The monoisotopic (exact) mass is 368 g/mol. The molecule has 0 aromatic carbocycles. The highest BCUT2D eigenvalue weighted by atomic mass is 16.3. The Hall–Kier alpha value is -2.74. The maximum atomic E-state index is 12.4. The second-order valence-corrected chi connectivity index (χ2v) is 7.18. The van der Waals surface area contributed by atoms with Gasteiger partial charge in [-0.25, -0.2) is 14.3 Å². The van der Waals surface area contributed by atoms with E-state index >= 15 is 0 Å². The fourth-order valence-electron chi connectivity index (χ4n) is 3.68. The minimum atomic E-state index is -0.0640. The number of rotatable bonds is 4. The minimum absolute atomic E-state index is 0.0640.